The minimum absolute atomic E-state index is 0.0135. The smallest absolute Gasteiger partial charge is 0.329 e. The van der Waals surface area contributed by atoms with E-state index in [9.17, 15) is 21.6 Å². The Bertz CT molecular complexity index is 371. The first-order valence-corrected chi connectivity index (χ1v) is 8.11. The molecule has 1 atom stereocenters. The summed E-state index contributed by atoms with van der Waals surface area (Å²) in [6.07, 6.45) is -3.61. The van der Waals surface area contributed by atoms with Crippen molar-refractivity contribution in [2.75, 3.05) is 32.1 Å². The number of rotatable bonds is 8. The molecular formula is C11H23F3N2O2S. The topological polar surface area (TPSA) is 63.4 Å². The molecule has 0 aromatic carbocycles. The molecule has 0 fully saturated rings. The highest BCUT2D eigenvalue weighted by atomic mass is 32.2. The van der Waals surface area contributed by atoms with Crippen molar-refractivity contribution in [1.29, 1.82) is 0 Å². The Kier molecular flexibility index (Phi) is 6.77. The first kappa shape index (κ1) is 18.7. The largest absolute Gasteiger partial charge is 0.389 e. The van der Waals surface area contributed by atoms with Gasteiger partial charge in [-0.3, -0.25) is 4.90 Å². The molecular weight excluding hydrogens is 281 g/mol. The third-order valence-corrected chi connectivity index (χ3v) is 4.26. The molecule has 0 aromatic heterocycles. The molecule has 0 rings (SSSR count). The van der Waals surface area contributed by atoms with E-state index < -0.39 is 28.0 Å². The van der Waals surface area contributed by atoms with E-state index in [1.165, 1.54) is 0 Å². The van der Waals surface area contributed by atoms with E-state index in [0.29, 0.717) is 0 Å². The summed E-state index contributed by atoms with van der Waals surface area (Å²) >= 11 is 0. The van der Waals surface area contributed by atoms with E-state index in [1.807, 2.05) is 0 Å². The normalized spacial score (nSPS) is 16.6. The van der Waals surface area contributed by atoms with Crippen molar-refractivity contribution in [3.63, 3.8) is 0 Å². The van der Waals surface area contributed by atoms with Gasteiger partial charge in [0.05, 0.1) is 5.75 Å². The van der Waals surface area contributed by atoms with Crippen molar-refractivity contribution < 1.29 is 21.6 Å². The minimum Gasteiger partial charge on any atom is -0.329 e. The predicted octanol–water partition coefficient (Wildman–Crippen LogP) is 1.41. The summed E-state index contributed by atoms with van der Waals surface area (Å²) in [6, 6.07) is 0. The average molecular weight is 304 g/mol. The van der Waals surface area contributed by atoms with Gasteiger partial charge in [0.15, 0.2) is 0 Å². The summed E-state index contributed by atoms with van der Waals surface area (Å²) in [5, 5.41) is 0. The van der Waals surface area contributed by atoms with Crippen LogP contribution in [0.25, 0.3) is 0 Å². The van der Waals surface area contributed by atoms with Crippen LogP contribution in [0.1, 0.15) is 26.2 Å². The molecule has 2 N–H and O–H groups in total. The van der Waals surface area contributed by atoms with Crippen LogP contribution in [-0.4, -0.2) is 57.2 Å². The Morgan fingerprint density at radius 3 is 2.11 bits per heavy atom. The highest BCUT2D eigenvalue weighted by Gasteiger charge is 2.31. The van der Waals surface area contributed by atoms with E-state index in [1.54, 1.807) is 18.9 Å². The molecule has 0 spiro atoms. The molecule has 0 amide bonds. The lowest BCUT2D eigenvalue weighted by Crippen LogP contribution is -2.51. The number of hydrogen-bond acceptors (Lipinski definition) is 4. The molecule has 8 heteroatoms. The maximum Gasteiger partial charge on any atom is 0.389 e. The molecule has 19 heavy (non-hydrogen) atoms. The summed E-state index contributed by atoms with van der Waals surface area (Å²) in [4.78, 5) is 1.73. The van der Waals surface area contributed by atoms with Crippen LogP contribution >= 0.6 is 0 Å². The lowest BCUT2D eigenvalue weighted by atomic mass is 9.93. The monoisotopic (exact) mass is 304 g/mol. The third-order valence-electron chi connectivity index (χ3n) is 3.33. The van der Waals surface area contributed by atoms with Crippen molar-refractivity contribution in [1.82, 2.24) is 4.90 Å². The number of sulfone groups is 1. The van der Waals surface area contributed by atoms with Crippen molar-refractivity contribution in [2.24, 2.45) is 5.73 Å². The second-order valence-electron chi connectivity index (χ2n) is 5.22. The molecule has 0 bridgehead atoms. The molecule has 0 saturated carbocycles. The lowest BCUT2D eigenvalue weighted by molar-refractivity contribution is -0.136. The molecule has 0 aromatic rings. The minimum atomic E-state index is -4.17. The zero-order valence-electron chi connectivity index (χ0n) is 11.6. The number of likely N-dealkylation sites (N-methyl/N-ethyl adjacent to an activating group) is 1. The van der Waals surface area contributed by atoms with Gasteiger partial charge in [-0.15, -0.1) is 0 Å². The summed E-state index contributed by atoms with van der Waals surface area (Å²) < 4.78 is 58.5. The third kappa shape index (κ3) is 8.43. The second kappa shape index (κ2) is 6.90. The van der Waals surface area contributed by atoms with Gasteiger partial charge < -0.3 is 5.73 Å². The van der Waals surface area contributed by atoms with E-state index >= 15 is 0 Å². The van der Waals surface area contributed by atoms with Gasteiger partial charge in [-0.2, -0.15) is 13.2 Å². The number of alkyl halides is 3. The Hall–Kier alpha value is -0.340. The van der Waals surface area contributed by atoms with Crippen LogP contribution in [0.5, 0.6) is 0 Å². The molecule has 0 saturated heterocycles. The maximum absolute atomic E-state index is 12.1. The number of halogens is 3. The maximum atomic E-state index is 12.1. The fourth-order valence-corrected chi connectivity index (χ4v) is 2.30. The van der Waals surface area contributed by atoms with E-state index in [4.69, 9.17) is 5.73 Å². The zero-order valence-corrected chi connectivity index (χ0v) is 12.4. The van der Waals surface area contributed by atoms with Gasteiger partial charge in [0.1, 0.15) is 9.84 Å². The van der Waals surface area contributed by atoms with E-state index in [0.717, 1.165) is 6.26 Å². The first-order chi connectivity index (χ1) is 8.40. The van der Waals surface area contributed by atoms with Crippen molar-refractivity contribution in [3.05, 3.63) is 0 Å². The molecule has 0 aliphatic carbocycles. The number of hydrogen-bond donors (Lipinski definition) is 1. The van der Waals surface area contributed by atoms with Gasteiger partial charge in [0, 0.05) is 31.3 Å². The van der Waals surface area contributed by atoms with Gasteiger partial charge in [0.25, 0.3) is 0 Å². The Labute approximate surface area is 113 Å². The molecule has 0 heterocycles. The summed E-state index contributed by atoms with van der Waals surface area (Å²) in [5.74, 6) is -0.0294. The van der Waals surface area contributed by atoms with Gasteiger partial charge in [-0.05, 0) is 26.8 Å². The Morgan fingerprint density at radius 1 is 1.21 bits per heavy atom. The van der Waals surface area contributed by atoms with Crippen LogP contribution in [0.3, 0.4) is 0 Å². The van der Waals surface area contributed by atoms with E-state index in [-0.39, 0.29) is 31.7 Å². The molecule has 1 unspecified atom stereocenters. The zero-order chi connectivity index (χ0) is 15.3. The molecule has 0 aliphatic rings. The van der Waals surface area contributed by atoms with Gasteiger partial charge in [0.2, 0.25) is 0 Å². The first-order valence-electron chi connectivity index (χ1n) is 6.05. The predicted molar refractivity (Wildman–Crippen MR) is 69.7 cm³/mol. The SMILES string of the molecule is CN(CCS(C)(=O)=O)C(C)(CN)CCCC(F)(F)F. The summed E-state index contributed by atoms with van der Waals surface area (Å²) in [5.41, 5.74) is 5.01. The highest BCUT2D eigenvalue weighted by Crippen LogP contribution is 2.26. The van der Waals surface area contributed by atoms with E-state index in [2.05, 4.69) is 0 Å². The van der Waals surface area contributed by atoms with Crippen LogP contribution in [0.4, 0.5) is 13.2 Å². The molecule has 0 radical (unpaired) electrons. The van der Waals surface area contributed by atoms with Crippen LogP contribution < -0.4 is 5.73 Å². The number of nitrogens with two attached hydrogens (primary N) is 1. The van der Waals surface area contributed by atoms with Crippen LogP contribution in [-0.2, 0) is 9.84 Å². The van der Waals surface area contributed by atoms with Crippen molar-refractivity contribution in [2.45, 2.75) is 37.9 Å². The summed E-state index contributed by atoms with van der Waals surface area (Å²) in [6.45, 7) is 2.20. The quantitative estimate of drug-likeness (QED) is 0.736. The molecule has 4 nitrogen and oxygen atoms in total. The fourth-order valence-electron chi connectivity index (χ4n) is 1.69. The second-order valence-corrected chi connectivity index (χ2v) is 7.48. The van der Waals surface area contributed by atoms with Crippen LogP contribution in [0.15, 0.2) is 0 Å². The molecule has 0 aliphatic heterocycles. The van der Waals surface area contributed by atoms with Crippen LogP contribution in [0.2, 0.25) is 0 Å². The van der Waals surface area contributed by atoms with Gasteiger partial charge in [-0.1, -0.05) is 0 Å². The van der Waals surface area contributed by atoms with Gasteiger partial charge >= 0.3 is 6.18 Å². The Morgan fingerprint density at radius 2 is 1.74 bits per heavy atom. The van der Waals surface area contributed by atoms with Gasteiger partial charge in [-0.25, -0.2) is 8.42 Å². The summed E-state index contributed by atoms with van der Waals surface area (Å²) in [7, 11) is -1.41. The highest BCUT2D eigenvalue weighted by molar-refractivity contribution is 7.90. The van der Waals surface area contributed by atoms with Crippen LogP contribution in [0, 0.1) is 0 Å². The molecule has 116 valence electrons. The number of nitrogens with zero attached hydrogens (tertiary/aromatic N) is 1. The lowest BCUT2D eigenvalue weighted by Gasteiger charge is -2.38. The standard InChI is InChI=1S/C11H23F3N2O2S/c1-10(9-15,5-4-6-11(12,13)14)16(2)7-8-19(3,17)18/h4-9,15H2,1-3H3. The Balaban J connectivity index is 4.41. The fraction of sp³-hybridized carbons (Fsp3) is 1.00. The van der Waals surface area contributed by atoms with Crippen molar-refractivity contribution in [3.8, 4) is 0 Å². The average Bonchev–Trinajstić information content (AvgIpc) is 2.22. The van der Waals surface area contributed by atoms with Crippen molar-refractivity contribution >= 4 is 9.84 Å².